The predicted octanol–water partition coefficient (Wildman–Crippen LogP) is 5.06. The molecule has 0 saturated heterocycles. The Morgan fingerprint density at radius 3 is 2.80 bits per heavy atom. The highest BCUT2D eigenvalue weighted by molar-refractivity contribution is 7.99. The quantitative estimate of drug-likeness (QED) is 0.488. The number of aryl methyl sites for hydroxylation is 1. The summed E-state index contributed by atoms with van der Waals surface area (Å²) in [5.41, 5.74) is 1.92. The van der Waals surface area contributed by atoms with Crippen molar-refractivity contribution in [3.05, 3.63) is 53.1 Å². The summed E-state index contributed by atoms with van der Waals surface area (Å²) in [6.07, 6.45) is 1.43. The van der Waals surface area contributed by atoms with Crippen LogP contribution in [0.1, 0.15) is 12.0 Å². The fourth-order valence-corrected chi connectivity index (χ4v) is 4.00. The third-order valence-electron chi connectivity index (χ3n) is 4.51. The lowest BCUT2D eigenvalue weighted by Gasteiger charge is -2.31. The fourth-order valence-electron chi connectivity index (χ4n) is 3.23. The van der Waals surface area contributed by atoms with Crippen molar-refractivity contribution in [2.75, 3.05) is 17.2 Å². The molecule has 0 unspecified atom stereocenters. The third kappa shape index (κ3) is 4.57. The molecule has 156 valence electrons. The Morgan fingerprint density at radius 1 is 1.23 bits per heavy atom. The van der Waals surface area contributed by atoms with Crippen LogP contribution in [0.4, 0.5) is 14.5 Å². The molecule has 3 aromatic rings. The van der Waals surface area contributed by atoms with Crippen LogP contribution in [0, 0.1) is 0 Å². The first-order chi connectivity index (χ1) is 14.5. The molecule has 1 amide bonds. The number of fused-ring (bicyclic) bond motifs is 1. The molecule has 10 heteroatoms. The van der Waals surface area contributed by atoms with Crippen LogP contribution in [0.5, 0.6) is 5.75 Å². The second-order valence-electron chi connectivity index (χ2n) is 6.46. The average Bonchev–Trinajstić information content (AvgIpc) is 3.21. The monoisotopic (exact) mass is 451 g/mol. The highest BCUT2D eigenvalue weighted by atomic mass is 35.5. The fraction of sp³-hybridized carbons (Fsp3) is 0.250. The maximum Gasteiger partial charge on any atom is 0.387 e. The molecular weight excluding hydrogens is 436 g/mol. The van der Waals surface area contributed by atoms with Gasteiger partial charge in [0.05, 0.1) is 11.4 Å². The Balaban J connectivity index is 1.46. The maximum absolute atomic E-state index is 12.8. The molecule has 0 radical (unpaired) electrons. The highest BCUT2D eigenvalue weighted by Gasteiger charge is 2.27. The van der Waals surface area contributed by atoms with Crippen LogP contribution in [0.15, 0.2) is 52.1 Å². The van der Waals surface area contributed by atoms with Gasteiger partial charge < -0.3 is 14.1 Å². The van der Waals surface area contributed by atoms with Gasteiger partial charge in [-0.1, -0.05) is 35.5 Å². The Hall–Kier alpha value is -2.65. The highest BCUT2D eigenvalue weighted by Crippen LogP contribution is 2.37. The number of rotatable bonds is 6. The van der Waals surface area contributed by atoms with E-state index in [4.69, 9.17) is 16.0 Å². The molecule has 2 aromatic carbocycles. The van der Waals surface area contributed by atoms with Crippen LogP contribution in [0.3, 0.4) is 0 Å². The summed E-state index contributed by atoms with van der Waals surface area (Å²) in [6.45, 7) is -2.54. The minimum Gasteiger partial charge on any atom is -0.433 e. The van der Waals surface area contributed by atoms with Crippen molar-refractivity contribution in [1.29, 1.82) is 0 Å². The first-order valence-corrected chi connectivity index (χ1v) is 10.5. The number of benzene rings is 2. The van der Waals surface area contributed by atoms with Gasteiger partial charge in [-0.05, 0) is 48.7 Å². The van der Waals surface area contributed by atoms with Crippen LogP contribution in [-0.2, 0) is 11.2 Å². The summed E-state index contributed by atoms with van der Waals surface area (Å²) < 4.78 is 35.8. The second kappa shape index (κ2) is 9.01. The molecule has 4 rings (SSSR count). The van der Waals surface area contributed by atoms with E-state index in [1.807, 2.05) is 6.07 Å². The molecule has 1 aliphatic rings. The third-order valence-corrected chi connectivity index (χ3v) is 5.57. The van der Waals surface area contributed by atoms with Crippen LogP contribution >= 0.6 is 23.4 Å². The van der Waals surface area contributed by atoms with Gasteiger partial charge >= 0.3 is 6.61 Å². The topological polar surface area (TPSA) is 68.5 Å². The van der Waals surface area contributed by atoms with E-state index in [0.29, 0.717) is 35.1 Å². The molecule has 0 fully saturated rings. The number of hydrogen-bond donors (Lipinski definition) is 0. The lowest BCUT2D eigenvalue weighted by atomic mass is 10.0. The number of aromatic nitrogens is 2. The lowest BCUT2D eigenvalue weighted by Crippen LogP contribution is -2.37. The van der Waals surface area contributed by atoms with E-state index in [2.05, 4.69) is 14.9 Å². The van der Waals surface area contributed by atoms with Gasteiger partial charge in [0.2, 0.25) is 11.8 Å². The van der Waals surface area contributed by atoms with Gasteiger partial charge in [-0.25, -0.2) is 0 Å². The average molecular weight is 452 g/mol. The number of amides is 1. The summed E-state index contributed by atoms with van der Waals surface area (Å²) in [4.78, 5) is 14.3. The Morgan fingerprint density at radius 2 is 2.03 bits per heavy atom. The summed E-state index contributed by atoms with van der Waals surface area (Å²) in [7, 11) is 0. The predicted molar refractivity (Wildman–Crippen MR) is 109 cm³/mol. The van der Waals surface area contributed by atoms with Crippen molar-refractivity contribution in [1.82, 2.24) is 10.2 Å². The summed E-state index contributed by atoms with van der Waals surface area (Å²) in [5, 5.41) is 8.76. The van der Waals surface area contributed by atoms with Gasteiger partial charge in [-0.15, -0.1) is 10.2 Å². The van der Waals surface area contributed by atoms with Gasteiger partial charge in [0, 0.05) is 17.1 Å². The zero-order chi connectivity index (χ0) is 21.1. The van der Waals surface area contributed by atoms with Crippen LogP contribution in [-0.4, -0.2) is 35.0 Å². The van der Waals surface area contributed by atoms with Crippen molar-refractivity contribution in [2.45, 2.75) is 24.7 Å². The van der Waals surface area contributed by atoms with E-state index < -0.39 is 6.61 Å². The Bertz CT molecular complexity index is 1050. The number of carbonyl (C=O) groups is 1. The largest absolute Gasteiger partial charge is 0.433 e. The van der Waals surface area contributed by atoms with E-state index in [-0.39, 0.29) is 22.6 Å². The van der Waals surface area contributed by atoms with E-state index in [9.17, 15) is 13.6 Å². The molecule has 30 heavy (non-hydrogen) atoms. The number of hydrogen-bond acceptors (Lipinski definition) is 6. The van der Waals surface area contributed by atoms with Crippen molar-refractivity contribution < 1.29 is 22.7 Å². The van der Waals surface area contributed by atoms with E-state index in [0.717, 1.165) is 23.7 Å². The molecule has 0 aliphatic carbocycles. The molecule has 6 nitrogen and oxygen atoms in total. The molecule has 0 bridgehead atoms. The standard InChI is InChI=1S/C20H16ClF2N3O3S/c21-14-8-6-13(7-9-14)18-24-25-20(29-18)30-11-16(27)26-10-2-4-12-3-1-5-15(17(12)26)28-19(22)23/h1,3,5-9,19H,2,4,10-11H2. The number of nitrogens with zero attached hydrogens (tertiary/aromatic N) is 3. The molecule has 0 saturated carbocycles. The molecule has 0 spiro atoms. The van der Waals surface area contributed by atoms with E-state index in [1.54, 1.807) is 30.3 Å². The van der Waals surface area contributed by atoms with Crippen LogP contribution < -0.4 is 9.64 Å². The zero-order valence-electron chi connectivity index (χ0n) is 15.6. The number of thioether (sulfide) groups is 1. The summed E-state index contributed by atoms with van der Waals surface area (Å²) in [5.74, 6) is 0.0865. The van der Waals surface area contributed by atoms with Crippen molar-refractivity contribution in [3.63, 3.8) is 0 Å². The molecule has 2 heterocycles. The first-order valence-electron chi connectivity index (χ1n) is 9.10. The number of alkyl halides is 2. The summed E-state index contributed by atoms with van der Waals surface area (Å²) >= 11 is 6.96. The molecule has 1 aliphatic heterocycles. The molecule has 1 aromatic heterocycles. The zero-order valence-corrected chi connectivity index (χ0v) is 17.1. The van der Waals surface area contributed by atoms with Crippen LogP contribution in [0.25, 0.3) is 11.5 Å². The van der Waals surface area contributed by atoms with Gasteiger partial charge in [0.15, 0.2) is 0 Å². The molecule has 0 N–H and O–H groups in total. The number of ether oxygens (including phenoxy) is 1. The number of anilines is 1. The van der Waals surface area contributed by atoms with Crippen molar-refractivity contribution >= 4 is 35.0 Å². The lowest BCUT2D eigenvalue weighted by molar-refractivity contribution is -0.116. The summed E-state index contributed by atoms with van der Waals surface area (Å²) in [6, 6.07) is 11.8. The second-order valence-corrected chi connectivity index (χ2v) is 7.82. The number of halogens is 3. The first kappa shape index (κ1) is 20.6. The van der Waals surface area contributed by atoms with Gasteiger partial charge in [-0.3, -0.25) is 4.79 Å². The van der Waals surface area contributed by atoms with Crippen molar-refractivity contribution in [2.24, 2.45) is 0 Å². The minimum atomic E-state index is -2.96. The smallest absolute Gasteiger partial charge is 0.387 e. The minimum absolute atomic E-state index is 0.00312. The van der Waals surface area contributed by atoms with Crippen LogP contribution in [0.2, 0.25) is 5.02 Å². The van der Waals surface area contributed by atoms with E-state index in [1.165, 1.54) is 11.0 Å². The SMILES string of the molecule is O=C(CSc1nnc(-c2ccc(Cl)cc2)o1)N1CCCc2cccc(OC(F)F)c21. The molecular formula is C20H16ClF2N3O3S. The van der Waals surface area contributed by atoms with Gasteiger partial charge in [-0.2, -0.15) is 8.78 Å². The number of para-hydroxylation sites is 1. The molecule has 0 atom stereocenters. The maximum atomic E-state index is 12.8. The van der Waals surface area contributed by atoms with Gasteiger partial charge in [0.25, 0.3) is 5.22 Å². The Labute approximate surface area is 180 Å². The Kier molecular flexibility index (Phi) is 6.19. The number of carbonyl (C=O) groups excluding carboxylic acids is 1. The van der Waals surface area contributed by atoms with Gasteiger partial charge in [0.1, 0.15) is 5.75 Å². The van der Waals surface area contributed by atoms with Crippen molar-refractivity contribution in [3.8, 4) is 17.2 Å². The van der Waals surface area contributed by atoms with E-state index >= 15 is 0 Å². The normalized spacial score (nSPS) is 13.4.